The third-order valence-electron chi connectivity index (χ3n) is 10.4. The van der Waals surface area contributed by atoms with Crippen LogP contribution in [0.25, 0.3) is 33.2 Å². The average Bonchev–Trinajstić information content (AvgIpc) is 3.86. The largest absolute Gasteiger partial charge is 0.445 e. The average molecular weight is 770 g/mol. The summed E-state index contributed by atoms with van der Waals surface area (Å²) in [5.41, 5.74) is 6.23. The molecule has 4 aromatic carbocycles. The molecule has 0 spiro atoms. The lowest BCUT2D eigenvalue weighted by Gasteiger charge is -2.40. The summed E-state index contributed by atoms with van der Waals surface area (Å²) in [7, 11) is 0. The maximum absolute atomic E-state index is 13.6. The van der Waals surface area contributed by atoms with Crippen LogP contribution in [0, 0.1) is 0 Å². The van der Waals surface area contributed by atoms with Gasteiger partial charge in [0, 0.05) is 19.6 Å². The quantitative estimate of drug-likeness (QED) is 0.153. The van der Waals surface area contributed by atoms with Crippen LogP contribution in [0.15, 0.2) is 97.1 Å². The lowest BCUT2D eigenvalue weighted by Crippen LogP contribution is -2.53. The van der Waals surface area contributed by atoms with Gasteiger partial charge >= 0.3 is 18.3 Å². The topological polar surface area (TPSA) is 146 Å². The highest BCUT2D eigenvalue weighted by Crippen LogP contribution is 2.34. The van der Waals surface area contributed by atoms with E-state index in [-0.39, 0.29) is 38.4 Å². The molecule has 2 N–H and O–H groups in total. The monoisotopic (exact) mass is 769 g/mol. The Kier molecular flexibility index (Phi) is 10.5. The molecule has 2 aromatic heterocycles. The molecule has 13 heteroatoms. The number of hydrogen-bond acceptors (Lipinski definition) is 8. The zero-order chi connectivity index (χ0) is 39.5. The lowest BCUT2D eigenvalue weighted by molar-refractivity contribution is -0.0000987. The van der Waals surface area contributed by atoms with Crippen LogP contribution < -0.4 is 0 Å². The Morgan fingerprint density at radius 2 is 1.18 bits per heavy atom. The summed E-state index contributed by atoms with van der Waals surface area (Å²) in [6.45, 7) is 7.18. The van der Waals surface area contributed by atoms with Crippen molar-refractivity contribution in [1.82, 2.24) is 34.6 Å². The molecule has 2 aliphatic rings. The number of imidazole rings is 2. The van der Waals surface area contributed by atoms with Gasteiger partial charge in [0.1, 0.15) is 36.5 Å². The number of aromatic amines is 2. The highest BCUT2D eigenvalue weighted by molar-refractivity contribution is 5.86. The van der Waals surface area contributed by atoms with E-state index in [2.05, 4.69) is 9.97 Å². The van der Waals surface area contributed by atoms with E-state index in [4.69, 9.17) is 24.2 Å². The zero-order valence-corrected chi connectivity index (χ0v) is 32.4. The summed E-state index contributed by atoms with van der Waals surface area (Å²) >= 11 is 0. The molecule has 8 rings (SSSR count). The van der Waals surface area contributed by atoms with Crippen LogP contribution in [0.1, 0.15) is 74.9 Å². The molecule has 0 radical (unpaired) electrons. The fourth-order valence-electron chi connectivity index (χ4n) is 7.49. The molecule has 0 aliphatic carbocycles. The third-order valence-corrected chi connectivity index (χ3v) is 10.4. The second kappa shape index (κ2) is 16.0. The standard InChI is InChI=1S/C44H47N7O6/c1-44(2,3)57-41(52)49-22-23-51(43(54)56-28-30-14-8-5-9-15-30)38(26-49)40-46-34-20-18-32(25-36(34)48-40)31-17-19-33-35(24-31)47-39(45-33)37-16-10-11-21-50(37)42(53)55-27-29-12-6-4-7-13-29/h4-9,12-15,17-20,24-25,37-38H,10-11,16,21-23,26-28H2,1-3H3,(H,45,47)(H,46,48)/t37-,38-/m0/s1. The molecule has 0 unspecified atom stereocenters. The number of H-pyrrole nitrogens is 2. The van der Waals surface area contributed by atoms with Crippen molar-refractivity contribution in [1.29, 1.82) is 0 Å². The first-order valence-corrected chi connectivity index (χ1v) is 19.5. The predicted octanol–water partition coefficient (Wildman–Crippen LogP) is 8.90. The van der Waals surface area contributed by atoms with Crippen LogP contribution in [-0.4, -0.2) is 84.7 Å². The van der Waals surface area contributed by atoms with E-state index < -0.39 is 23.8 Å². The highest BCUT2D eigenvalue weighted by atomic mass is 16.6. The minimum atomic E-state index is -0.665. The van der Waals surface area contributed by atoms with Gasteiger partial charge in [-0.05, 0) is 86.6 Å². The molecule has 6 aromatic rings. The molecule has 2 saturated heterocycles. The van der Waals surface area contributed by atoms with Crippen molar-refractivity contribution in [2.75, 3.05) is 26.2 Å². The van der Waals surface area contributed by atoms with Gasteiger partial charge in [-0.15, -0.1) is 0 Å². The molecule has 57 heavy (non-hydrogen) atoms. The number of rotatable bonds is 7. The second-order valence-electron chi connectivity index (χ2n) is 15.6. The second-order valence-corrected chi connectivity index (χ2v) is 15.6. The number of nitrogens with zero attached hydrogens (tertiary/aromatic N) is 5. The summed E-state index contributed by atoms with van der Waals surface area (Å²) in [6, 6.07) is 30.5. The van der Waals surface area contributed by atoms with Gasteiger partial charge in [0.05, 0.1) is 34.7 Å². The molecular weight excluding hydrogens is 723 g/mol. The van der Waals surface area contributed by atoms with Gasteiger partial charge in [0.2, 0.25) is 0 Å². The van der Waals surface area contributed by atoms with E-state index in [0.717, 1.165) is 63.9 Å². The number of likely N-dealkylation sites (tertiary alicyclic amines) is 1. The first-order chi connectivity index (χ1) is 27.6. The van der Waals surface area contributed by atoms with E-state index in [1.165, 1.54) is 0 Å². The molecule has 2 fully saturated rings. The molecule has 0 bridgehead atoms. The first-order valence-electron chi connectivity index (χ1n) is 19.5. The number of fused-ring (bicyclic) bond motifs is 2. The van der Waals surface area contributed by atoms with Crippen LogP contribution in [0.3, 0.4) is 0 Å². The molecular formula is C44H47N7O6. The first kappa shape index (κ1) is 37.5. The maximum Gasteiger partial charge on any atom is 0.410 e. The Morgan fingerprint density at radius 1 is 0.649 bits per heavy atom. The van der Waals surface area contributed by atoms with Crippen molar-refractivity contribution in [2.24, 2.45) is 0 Å². The van der Waals surface area contributed by atoms with Crippen molar-refractivity contribution in [3.63, 3.8) is 0 Å². The number of benzene rings is 4. The van der Waals surface area contributed by atoms with Gasteiger partial charge in [0.25, 0.3) is 0 Å². The lowest BCUT2D eigenvalue weighted by atomic mass is 10.0. The van der Waals surface area contributed by atoms with Crippen LogP contribution in [0.5, 0.6) is 0 Å². The zero-order valence-electron chi connectivity index (χ0n) is 32.4. The Hall–Kier alpha value is -6.37. The number of piperidine rings is 1. The van der Waals surface area contributed by atoms with Gasteiger partial charge in [-0.1, -0.05) is 72.8 Å². The number of piperazine rings is 1. The number of carbonyl (C=O) groups excluding carboxylic acids is 3. The van der Waals surface area contributed by atoms with Crippen LogP contribution in [0.4, 0.5) is 14.4 Å². The Bertz CT molecular complexity index is 2370. The van der Waals surface area contributed by atoms with Crippen molar-refractivity contribution in [3.8, 4) is 11.1 Å². The van der Waals surface area contributed by atoms with Gasteiger partial charge in [-0.2, -0.15) is 0 Å². The summed E-state index contributed by atoms with van der Waals surface area (Å²) in [4.78, 5) is 61.8. The molecule has 0 saturated carbocycles. The number of carbonyl (C=O) groups is 3. The van der Waals surface area contributed by atoms with Gasteiger partial charge in [-0.3, -0.25) is 9.80 Å². The van der Waals surface area contributed by atoms with Gasteiger partial charge in [0.15, 0.2) is 0 Å². The van der Waals surface area contributed by atoms with Crippen molar-refractivity contribution in [2.45, 2.75) is 70.9 Å². The molecule has 2 atom stereocenters. The van der Waals surface area contributed by atoms with Crippen molar-refractivity contribution in [3.05, 3.63) is 120 Å². The summed E-state index contributed by atoms with van der Waals surface area (Å²) in [5, 5.41) is 0. The van der Waals surface area contributed by atoms with Gasteiger partial charge < -0.3 is 29.1 Å². The number of aromatic nitrogens is 4. The Labute approximate surface area is 330 Å². The number of nitrogens with one attached hydrogen (secondary N) is 2. The van der Waals surface area contributed by atoms with E-state index in [9.17, 15) is 14.4 Å². The predicted molar refractivity (Wildman–Crippen MR) is 215 cm³/mol. The van der Waals surface area contributed by atoms with Crippen LogP contribution >= 0.6 is 0 Å². The minimum absolute atomic E-state index is 0.129. The summed E-state index contributed by atoms with van der Waals surface area (Å²) in [6.07, 6.45) is 1.43. The van der Waals surface area contributed by atoms with E-state index in [1.54, 1.807) is 14.7 Å². The fourth-order valence-corrected chi connectivity index (χ4v) is 7.49. The molecule has 3 amide bonds. The number of hydrogen-bond donors (Lipinski definition) is 2. The highest BCUT2D eigenvalue weighted by Gasteiger charge is 2.38. The van der Waals surface area contributed by atoms with Crippen molar-refractivity contribution >= 4 is 40.3 Å². The number of amides is 3. The molecule has 2 aliphatic heterocycles. The minimum Gasteiger partial charge on any atom is -0.445 e. The van der Waals surface area contributed by atoms with E-state index in [1.807, 2.05) is 118 Å². The van der Waals surface area contributed by atoms with Crippen molar-refractivity contribution < 1.29 is 28.6 Å². The molecule has 294 valence electrons. The molecule has 4 heterocycles. The Balaban J connectivity index is 1.02. The van der Waals surface area contributed by atoms with Crippen LogP contribution in [0.2, 0.25) is 0 Å². The Morgan fingerprint density at radius 3 is 1.72 bits per heavy atom. The van der Waals surface area contributed by atoms with E-state index >= 15 is 0 Å². The smallest absolute Gasteiger partial charge is 0.410 e. The van der Waals surface area contributed by atoms with E-state index in [0.29, 0.717) is 24.4 Å². The maximum atomic E-state index is 13.6. The van der Waals surface area contributed by atoms with Crippen LogP contribution in [-0.2, 0) is 27.4 Å². The SMILES string of the molecule is CC(C)(C)OC(=O)N1CCN(C(=O)OCc2ccccc2)[C@H](c2nc3cc(-c4ccc5[nH]c([C@@H]6CCCCN6C(=O)OCc6ccccc6)nc5c4)ccc3[nH]2)C1. The number of ether oxygens (including phenoxy) is 3. The van der Waals surface area contributed by atoms with Gasteiger partial charge in [-0.25, -0.2) is 24.4 Å². The summed E-state index contributed by atoms with van der Waals surface area (Å²) < 4.78 is 17.1. The third kappa shape index (κ3) is 8.57. The normalized spacial score (nSPS) is 17.5. The summed E-state index contributed by atoms with van der Waals surface area (Å²) in [5.74, 6) is 1.28. The fraction of sp³-hybridized carbons (Fsp3) is 0.341. The molecule has 13 nitrogen and oxygen atoms in total.